The van der Waals surface area contributed by atoms with Gasteiger partial charge in [0, 0.05) is 12.7 Å². The van der Waals surface area contributed by atoms with Crippen molar-refractivity contribution in [3.63, 3.8) is 0 Å². The van der Waals surface area contributed by atoms with Crippen LogP contribution in [0.3, 0.4) is 0 Å². The minimum atomic E-state index is 0.971. The highest BCUT2D eigenvalue weighted by Gasteiger charge is 2.07. The molecule has 1 heteroatoms. The molecule has 0 fully saturated rings. The van der Waals surface area contributed by atoms with Crippen molar-refractivity contribution in [2.45, 2.75) is 88.0 Å². The molecule has 0 atom stereocenters. The van der Waals surface area contributed by atoms with E-state index in [1.54, 1.807) is 6.08 Å². The summed E-state index contributed by atoms with van der Waals surface area (Å²) in [6, 6.07) is 13.0. The van der Waals surface area contributed by atoms with E-state index in [9.17, 15) is 0 Å². The van der Waals surface area contributed by atoms with Gasteiger partial charge in [0.05, 0.1) is 0 Å². The van der Waals surface area contributed by atoms with Crippen LogP contribution in [0.1, 0.15) is 81.7 Å². The summed E-state index contributed by atoms with van der Waals surface area (Å²) in [5.74, 6) is 0. The van der Waals surface area contributed by atoms with Gasteiger partial charge in [-0.15, -0.1) is 26.3 Å². The van der Waals surface area contributed by atoms with E-state index in [0.717, 1.165) is 19.3 Å². The zero-order valence-electron chi connectivity index (χ0n) is 27.1. The summed E-state index contributed by atoms with van der Waals surface area (Å²) in [4.78, 5) is 0. The van der Waals surface area contributed by atoms with Crippen molar-refractivity contribution in [2.75, 3.05) is 12.4 Å². The van der Waals surface area contributed by atoms with E-state index < -0.39 is 0 Å². The molecule has 0 spiro atoms. The van der Waals surface area contributed by atoms with Crippen LogP contribution in [0.5, 0.6) is 0 Å². The lowest BCUT2D eigenvalue weighted by Crippen LogP contribution is -1.96. The lowest BCUT2D eigenvalue weighted by molar-refractivity contribution is 0.976. The van der Waals surface area contributed by atoms with E-state index in [2.05, 4.69) is 128 Å². The first-order valence-electron chi connectivity index (χ1n) is 14.2. The van der Waals surface area contributed by atoms with Crippen molar-refractivity contribution in [3.05, 3.63) is 138 Å². The Balaban J connectivity index is -0.000000452. The fourth-order valence-corrected chi connectivity index (χ4v) is 3.56. The van der Waals surface area contributed by atoms with Gasteiger partial charge in [-0.25, -0.2) is 0 Å². The van der Waals surface area contributed by atoms with Gasteiger partial charge >= 0.3 is 0 Å². The van der Waals surface area contributed by atoms with Gasteiger partial charge < -0.3 is 5.32 Å². The van der Waals surface area contributed by atoms with Gasteiger partial charge in [-0.05, 0) is 101 Å². The summed E-state index contributed by atoms with van der Waals surface area (Å²) < 4.78 is 0. The number of nitrogens with one attached hydrogen (secondary N) is 1. The van der Waals surface area contributed by atoms with Crippen LogP contribution in [-0.4, -0.2) is 7.05 Å². The number of aryl methyl sites for hydroxylation is 5. The van der Waals surface area contributed by atoms with E-state index >= 15 is 0 Å². The molecule has 0 aromatic heterocycles. The highest BCUT2D eigenvalue weighted by molar-refractivity contribution is 5.55. The number of hydrogen-bond donors (Lipinski definition) is 1. The number of anilines is 1. The topological polar surface area (TPSA) is 12.0 Å². The van der Waals surface area contributed by atoms with Crippen LogP contribution in [0.25, 0.3) is 0 Å². The second-order valence-corrected chi connectivity index (χ2v) is 8.96. The summed E-state index contributed by atoms with van der Waals surface area (Å²) in [6.07, 6.45) is 12.7. The predicted molar refractivity (Wildman–Crippen MR) is 184 cm³/mol. The molecular weight excluding hydrogens is 470 g/mol. The molecule has 0 unspecified atom stereocenters. The van der Waals surface area contributed by atoms with Crippen molar-refractivity contribution < 1.29 is 0 Å². The average molecular weight is 530 g/mol. The van der Waals surface area contributed by atoms with Crippen molar-refractivity contribution in [1.82, 2.24) is 0 Å². The maximum Gasteiger partial charge on any atom is 0.0372 e. The molecule has 0 saturated carbocycles. The first-order chi connectivity index (χ1) is 18.6. The van der Waals surface area contributed by atoms with E-state index in [1.807, 2.05) is 33.9 Å². The highest BCUT2D eigenvalue weighted by atomic mass is 14.8. The zero-order valence-corrected chi connectivity index (χ0v) is 27.1. The molecule has 1 aliphatic carbocycles. The van der Waals surface area contributed by atoms with Crippen LogP contribution in [-0.2, 0) is 6.42 Å². The van der Waals surface area contributed by atoms with Gasteiger partial charge in [0.2, 0.25) is 0 Å². The molecule has 0 bridgehead atoms. The van der Waals surface area contributed by atoms with Crippen molar-refractivity contribution in [2.24, 2.45) is 0 Å². The number of allylic oxidation sites excluding steroid dienone is 7. The van der Waals surface area contributed by atoms with Gasteiger partial charge in [-0.3, -0.25) is 0 Å². The number of rotatable bonds is 5. The second-order valence-electron chi connectivity index (χ2n) is 8.96. The Bertz CT molecular complexity index is 950. The molecule has 1 aliphatic rings. The normalized spacial score (nSPS) is 10.6. The molecule has 3 rings (SSSR count). The minimum absolute atomic E-state index is 0.971. The number of benzene rings is 2. The third-order valence-corrected chi connectivity index (χ3v) is 5.66. The molecule has 0 saturated heterocycles. The lowest BCUT2D eigenvalue weighted by atomic mass is 9.91. The maximum atomic E-state index is 3.97. The Morgan fingerprint density at radius 2 is 1.31 bits per heavy atom. The highest BCUT2D eigenvalue weighted by Crippen LogP contribution is 2.26. The van der Waals surface area contributed by atoms with Crippen molar-refractivity contribution in [1.29, 1.82) is 0 Å². The maximum absolute atomic E-state index is 3.97. The first-order valence-corrected chi connectivity index (χ1v) is 14.2. The number of hydrogen-bond acceptors (Lipinski definition) is 1. The molecule has 0 heterocycles. The summed E-state index contributed by atoms with van der Waals surface area (Å²) in [5, 5.41) is 3.21. The predicted octanol–water partition coefficient (Wildman–Crippen LogP) is 12.0. The van der Waals surface area contributed by atoms with Crippen molar-refractivity contribution in [3.8, 4) is 0 Å². The molecule has 2 aromatic rings. The van der Waals surface area contributed by atoms with Gasteiger partial charge in [-0.2, -0.15) is 0 Å². The fourth-order valence-electron chi connectivity index (χ4n) is 3.56. The molecule has 0 aliphatic heterocycles. The summed E-state index contributed by atoms with van der Waals surface area (Å²) in [5.41, 5.74) is 12.0. The van der Waals surface area contributed by atoms with Gasteiger partial charge in [0.15, 0.2) is 0 Å². The molecule has 1 nitrogen and oxygen atoms in total. The Kier molecular flexibility index (Phi) is 27.1. The minimum Gasteiger partial charge on any atom is -0.388 e. The summed E-state index contributed by atoms with van der Waals surface area (Å²) in [6.45, 7) is 35.7. The van der Waals surface area contributed by atoms with Gasteiger partial charge in [0.1, 0.15) is 0 Å². The van der Waals surface area contributed by atoms with Crippen molar-refractivity contribution >= 4 is 5.69 Å². The van der Waals surface area contributed by atoms with Gasteiger partial charge in [-0.1, -0.05) is 98.7 Å². The van der Waals surface area contributed by atoms with Gasteiger partial charge in [0.25, 0.3) is 0 Å². The molecule has 1 N–H and O–H groups in total. The zero-order chi connectivity index (χ0) is 30.8. The van der Waals surface area contributed by atoms with Crippen LogP contribution in [0.4, 0.5) is 5.69 Å². The van der Waals surface area contributed by atoms with Crippen LogP contribution in [0, 0.1) is 27.7 Å². The third-order valence-electron chi connectivity index (χ3n) is 5.66. The summed E-state index contributed by atoms with van der Waals surface area (Å²) >= 11 is 0. The Morgan fingerprint density at radius 1 is 0.872 bits per heavy atom. The Morgan fingerprint density at radius 3 is 1.69 bits per heavy atom. The standard InChI is InChI=1S/C12H16.C11H17N.C8H10.C3H6.C2H6.C2H4/c1-4-7-11-8-5-6-9-12(11)10(2)3;1-5-10-6-8(2)9(3)7-11(10)12-4;1-7-3-5-8(2)6-4-7;1-3-2;2*1-2/h4,8-9H,1-2,5-7H2,3H3;6-7,12H,5H2,1-4H3;3-6H,1-2H3;3H,1H2,2H3;1-2H3;1-2H2. The molecule has 216 valence electrons. The molecule has 0 amide bonds. The Labute approximate surface area is 243 Å². The molecule has 0 radical (unpaired) electrons. The fraction of sp³-hybridized carbons (Fsp3) is 0.368. The van der Waals surface area contributed by atoms with E-state index in [4.69, 9.17) is 0 Å². The first kappa shape index (κ1) is 40.2. The van der Waals surface area contributed by atoms with Crippen LogP contribution >= 0.6 is 0 Å². The molecule has 2 aromatic carbocycles. The van der Waals surface area contributed by atoms with E-state index in [1.165, 1.54) is 56.6 Å². The SMILES string of the molecule is C=C.C=CC.C=CCC1=CCCC=C1C(=C)C.CC.CCc1cc(C)c(C)cc1NC.Cc1ccc(C)cc1. The van der Waals surface area contributed by atoms with Crippen LogP contribution in [0.2, 0.25) is 0 Å². The quantitative estimate of drug-likeness (QED) is 0.380. The smallest absolute Gasteiger partial charge is 0.0372 e. The van der Waals surface area contributed by atoms with E-state index in [-0.39, 0.29) is 0 Å². The molecular formula is C38H59N. The average Bonchev–Trinajstić information content (AvgIpc) is 2.95. The van der Waals surface area contributed by atoms with Crippen LogP contribution < -0.4 is 5.32 Å². The monoisotopic (exact) mass is 529 g/mol. The molecule has 39 heavy (non-hydrogen) atoms. The second kappa shape index (κ2) is 26.3. The summed E-state index contributed by atoms with van der Waals surface area (Å²) in [7, 11) is 1.98. The largest absolute Gasteiger partial charge is 0.388 e. The Hall–Kier alpha value is -3.32. The van der Waals surface area contributed by atoms with E-state index in [0.29, 0.717) is 0 Å². The third kappa shape index (κ3) is 18.6. The lowest BCUT2D eigenvalue weighted by Gasteiger charge is -2.14. The van der Waals surface area contributed by atoms with Crippen LogP contribution in [0.15, 0.2) is 110 Å².